The summed E-state index contributed by atoms with van der Waals surface area (Å²) in [6, 6.07) is 0. The van der Waals surface area contributed by atoms with E-state index in [0.717, 1.165) is 0 Å². The molecule has 0 spiro atoms. The molecule has 1 atom stereocenters. The lowest BCUT2D eigenvalue weighted by Gasteiger charge is -2.20. The van der Waals surface area contributed by atoms with Crippen molar-refractivity contribution < 1.29 is 19.4 Å². The van der Waals surface area contributed by atoms with Crippen molar-refractivity contribution in [3.8, 4) is 0 Å². The van der Waals surface area contributed by atoms with Gasteiger partial charge in [-0.3, -0.25) is 9.59 Å². The number of halogens is 2. The molecule has 92 valence electrons. The van der Waals surface area contributed by atoms with Gasteiger partial charge in [-0.15, -0.1) is 23.2 Å². The molecule has 5 nitrogen and oxygen atoms in total. The number of hydrogen-bond acceptors (Lipinski definition) is 3. The number of carboxylic acids is 1. The summed E-state index contributed by atoms with van der Waals surface area (Å²) in [4.78, 5) is 23.6. The van der Waals surface area contributed by atoms with Gasteiger partial charge in [-0.1, -0.05) is 0 Å². The first-order valence-corrected chi connectivity index (χ1v) is 5.51. The quantitative estimate of drug-likeness (QED) is 0.723. The van der Waals surface area contributed by atoms with Crippen LogP contribution in [0.5, 0.6) is 0 Å². The third kappa shape index (κ3) is 3.50. The highest BCUT2D eigenvalue weighted by Crippen LogP contribution is 2.53. The molecule has 0 bridgehead atoms. The Morgan fingerprint density at radius 3 is 2.50 bits per heavy atom. The largest absolute Gasteiger partial charge is 0.480 e. The number of hydrogen-bond donors (Lipinski definition) is 1. The number of amides is 1. The average molecular weight is 270 g/mol. The SMILES string of the molecule is COCCN(CC(=O)O)C(=O)C1CC1(Cl)Cl. The standard InChI is InChI=1S/C9H13Cl2NO4/c1-16-3-2-12(5-7(13)14)8(15)6-4-9(6,10)11/h6H,2-5H2,1H3,(H,13,14). The van der Waals surface area contributed by atoms with Crippen LogP contribution in [0.3, 0.4) is 0 Å². The molecule has 1 N–H and O–H groups in total. The van der Waals surface area contributed by atoms with Gasteiger partial charge < -0.3 is 14.7 Å². The highest BCUT2D eigenvalue weighted by Gasteiger charge is 2.57. The van der Waals surface area contributed by atoms with E-state index >= 15 is 0 Å². The van der Waals surface area contributed by atoms with Gasteiger partial charge in [0.2, 0.25) is 5.91 Å². The molecule has 0 heterocycles. The van der Waals surface area contributed by atoms with Gasteiger partial charge >= 0.3 is 5.97 Å². The molecule has 7 heteroatoms. The molecule has 1 rings (SSSR count). The van der Waals surface area contributed by atoms with Gasteiger partial charge in [0.1, 0.15) is 10.9 Å². The van der Waals surface area contributed by atoms with Crippen LogP contribution in [-0.4, -0.2) is 53.0 Å². The fourth-order valence-electron chi connectivity index (χ4n) is 1.33. The van der Waals surface area contributed by atoms with Crippen molar-refractivity contribution in [3.63, 3.8) is 0 Å². The fraction of sp³-hybridized carbons (Fsp3) is 0.778. The van der Waals surface area contributed by atoms with Crippen molar-refractivity contribution >= 4 is 35.1 Å². The lowest BCUT2D eigenvalue weighted by molar-refractivity contribution is -0.145. The molecule has 0 saturated heterocycles. The van der Waals surface area contributed by atoms with E-state index in [4.69, 9.17) is 33.0 Å². The molecule has 1 amide bonds. The number of methoxy groups -OCH3 is 1. The third-order valence-corrected chi connectivity index (χ3v) is 3.16. The Kier molecular flexibility index (Phi) is 4.41. The van der Waals surface area contributed by atoms with Crippen LogP contribution >= 0.6 is 23.2 Å². The number of alkyl halides is 2. The monoisotopic (exact) mass is 269 g/mol. The maximum absolute atomic E-state index is 11.8. The number of nitrogens with zero attached hydrogens (tertiary/aromatic N) is 1. The van der Waals surface area contributed by atoms with Crippen LogP contribution in [-0.2, 0) is 14.3 Å². The summed E-state index contributed by atoms with van der Waals surface area (Å²) >= 11 is 11.5. The molecular weight excluding hydrogens is 257 g/mol. The second-order valence-electron chi connectivity index (χ2n) is 3.66. The molecule has 1 saturated carbocycles. The van der Waals surface area contributed by atoms with Gasteiger partial charge in [-0.25, -0.2) is 0 Å². The van der Waals surface area contributed by atoms with Crippen LogP contribution in [0.1, 0.15) is 6.42 Å². The van der Waals surface area contributed by atoms with Gasteiger partial charge in [0.15, 0.2) is 0 Å². The maximum Gasteiger partial charge on any atom is 0.323 e. The Morgan fingerprint density at radius 2 is 2.12 bits per heavy atom. The zero-order valence-electron chi connectivity index (χ0n) is 8.78. The number of rotatable bonds is 6. The molecule has 1 aliphatic carbocycles. The molecule has 0 aliphatic heterocycles. The Bertz CT molecular complexity index is 295. The minimum Gasteiger partial charge on any atom is -0.480 e. The lowest BCUT2D eigenvalue weighted by atomic mass is 10.3. The van der Waals surface area contributed by atoms with Gasteiger partial charge in [0.05, 0.1) is 12.5 Å². The van der Waals surface area contributed by atoms with E-state index in [-0.39, 0.29) is 25.6 Å². The van der Waals surface area contributed by atoms with Crippen LogP contribution < -0.4 is 0 Å². The highest BCUT2D eigenvalue weighted by molar-refractivity contribution is 6.52. The Balaban J connectivity index is 2.54. The zero-order chi connectivity index (χ0) is 12.3. The number of ether oxygens (including phenoxy) is 1. The van der Waals surface area contributed by atoms with Crippen molar-refractivity contribution in [2.24, 2.45) is 5.92 Å². The van der Waals surface area contributed by atoms with Gasteiger partial charge in [0, 0.05) is 13.7 Å². The molecule has 0 aromatic heterocycles. The van der Waals surface area contributed by atoms with Gasteiger partial charge in [-0.2, -0.15) is 0 Å². The van der Waals surface area contributed by atoms with E-state index < -0.39 is 16.2 Å². The summed E-state index contributed by atoms with van der Waals surface area (Å²) in [5.74, 6) is -1.89. The van der Waals surface area contributed by atoms with Crippen molar-refractivity contribution in [3.05, 3.63) is 0 Å². The van der Waals surface area contributed by atoms with Crippen molar-refractivity contribution in [1.29, 1.82) is 0 Å². The smallest absolute Gasteiger partial charge is 0.323 e. The average Bonchev–Trinajstić information content (AvgIpc) is 2.80. The van der Waals surface area contributed by atoms with E-state index in [1.54, 1.807) is 0 Å². The van der Waals surface area contributed by atoms with Gasteiger partial charge in [-0.05, 0) is 6.42 Å². The maximum atomic E-state index is 11.8. The minimum absolute atomic E-state index is 0.224. The molecule has 0 radical (unpaired) electrons. The van der Waals surface area contributed by atoms with E-state index in [0.29, 0.717) is 6.42 Å². The van der Waals surface area contributed by atoms with Crippen LogP contribution in [0.4, 0.5) is 0 Å². The topological polar surface area (TPSA) is 66.8 Å². The normalized spacial score (nSPS) is 21.6. The van der Waals surface area contributed by atoms with Crippen LogP contribution in [0.15, 0.2) is 0 Å². The van der Waals surface area contributed by atoms with Crippen LogP contribution in [0.25, 0.3) is 0 Å². The third-order valence-electron chi connectivity index (χ3n) is 2.33. The molecule has 0 aromatic carbocycles. The summed E-state index contributed by atoms with van der Waals surface area (Å²) in [7, 11) is 1.48. The number of carbonyl (C=O) groups excluding carboxylic acids is 1. The number of carboxylic acid groups (broad SMARTS) is 1. The molecule has 1 aliphatic rings. The molecule has 0 aromatic rings. The number of aliphatic carboxylic acids is 1. The second kappa shape index (κ2) is 5.21. The summed E-state index contributed by atoms with van der Waals surface area (Å²) in [5.41, 5.74) is 0. The number of carbonyl (C=O) groups is 2. The first-order chi connectivity index (χ1) is 7.38. The Morgan fingerprint density at radius 1 is 1.56 bits per heavy atom. The van der Waals surface area contributed by atoms with Crippen LogP contribution in [0, 0.1) is 5.92 Å². The molecular formula is C9H13Cl2NO4. The van der Waals surface area contributed by atoms with Crippen molar-refractivity contribution in [1.82, 2.24) is 4.90 Å². The van der Waals surface area contributed by atoms with E-state index in [9.17, 15) is 9.59 Å². The summed E-state index contributed by atoms with van der Waals surface area (Å²) in [6.07, 6.45) is 0.373. The predicted octanol–water partition coefficient (Wildman–Crippen LogP) is 0.740. The van der Waals surface area contributed by atoms with E-state index in [2.05, 4.69) is 0 Å². The zero-order valence-corrected chi connectivity index (χ0v) is 10.3. The Labute approximate surface area is 103 Å². The van der Waals surface area contributed by atoms with Gasteiger partial charge in [0.25, 0.3) is 0 Å². The molecule has 1 unspecified atom stereocenters. The first kappa shape index (κ1) is 13.5. The van der Waals surface area contributed by atoms with Crippen molar-refractivity contribution in [2.75, 3.05) is 26.8 Å². The summed E-state index contributed by atoms with van der Waals surface area (Å²) in [5, 5.41) is 8.66. The molecule has 16 heavy (non-hydrogen) atoms. The minimum atomic E-state index is -1.07. The summed E-state index contributed by atoms with van der Waals surface area (Å²) in [6.45, 7) is 0.147. The van der Waals surface area contributed by atoms with Crippen LogP contribution in [0.2, 0.25) is 0 Å². The highest BCUT2D eigenvalue weighted by atomic mass is 35.5. The second-order valence-corrected chi connectivity index (χ2v) is 5.21. The lowest BCUT2D eigenvalue weighted by Crippen LogP contribution is -2.39. The first-order valence-electron chi connectivity index (χ1n) is 4.76. The van der Waals surface area contributed by atoms with Crippen molar-refractivity contribution in [2.45, 2.75) is 10.8 Å². The predicted molar refractivity (Wildman–Crippen MR) is 58.6 cm³/mol. The molecule has 1 fully saturated rings. The summed E-state index contributed by atoms with van der Waals surface area (Å²) < 4.78 is 3.78. The van der Waals surface area contributed by atoms with E-state index in [1.165, 1.54) is 12.0 Å². The Hall–Kier alpha value is -0.520. The van der Waals surface area contributed by atoms with E-state index in [1.807, 2.05) is 0 Å². The fourth-order valence-corrected chi connectivity index (χ4v) is 1.83.